The van der Waals surface area contributed by atoms with Crippen LogP contribution in [0.3, 0.4) is 0 Å². The number of hydrogen-bond donors (Lipinski definition) is 2. The van der Waals surface area contributed by atoms with E-state index in [0.29, 0.717) is 17.4 Å². The molecule has 0 aliphatic carbocycles. The van der Waals surface area contributed by atoms with Gasteiger partial charge in [0.15, 0.2) is 0 Å². The van der Waals surface area contributed by atoms with Gasteiger partial charge in [0.1, 0.15) is 0 Å². The quantitative estimate of drug-likeness (QED) is 0.843. The van der Waals surface area contributed by atoms with Gasteiger partial charge in [0.2, 0.25) is 10.0 Å². The van der Waals surface area contributed by atoms with E-state index >= 15 is 0 Å². The van der Waals surface area contributed by atoms with Crippen molar-refractivity contribution in [2.24, 2.45) is 5.92 Å². The van der Waals surface area contributed by atoms with Gasteiger partial charge in [0, 0.05) is 6.54 Å². The van der Waals surface area contributed by atoms with Crippen LogP contribution in [0.15, 0.2) is 29.2 Å². The van der Waals surface area contributed by atoms with Gasteiger partial charge in [0.25, 0.3) is 0 Å². The summed E-state index contributed by atoms with van der Waals surface area (Å²) in [5, 5.41) is 3.36. The van der Waals surface area contributed by atoms with Crippen LogP contribution in [0.1, 0.15) is 31.7 Å². The Bertz CT molecular complexity index is 522. The summed E-state index contributed by atoms with van der Waals surface area (Å²) in [5.74, 6) is 0.591. The minimum absolute atomic E-state index is 0.421. The second kappa shape index (κ2) is 7.20. The Hall–Kier alpha value is -0.910. The highest BCUT2D eigenvalue weighted by atomic mass is 32.2. The molecule has 1 aromatic rings. The Kier molecular flexibility index (Phi) is 5.57. The number of rotatable bonds is 6. The number of aryl methyl sites for hydroxylation is 1. The molecule has 1 aliphatic rings. The third-order valence-corrected chi connectivity index (χ3v) is 5.45. The fourth-order valence-electron chi connectivity index (χ4n) is 2.70. The summed E-state index contributed by atoms with van der Waals surface area (Å²) in [6.45, 7) is 4.59. The number of benzene rings is 1. The first-order chi connectivity index (χ1) is 9.63. The highest BCUT2D eigenvalue weighted by molar-refractivity contribution is 7.89. The number of hydrogen-bond acceptors (Lipinski definition) is 3. The summed E-state index contributed by atoms with van der Waals surface area (Å²) < 4.78 is 27.4. The van der Waals surface area contributed by atoms with Crippen LogP contribution in [0, 0.1) is 5.92 Å². The fourth-order valence-corrected chi connectivity index (χ4v) is 4.06. The second-order valence-corrected chi connectivity index (χ2v) is 7.10. The third-order valence-electron chi connectivity index (χ3n) is 3.89. The highest BCUT2D eigenvalue weighted by Crippen LogP contribution is 2.17. The van der Waals surface area contributed by atoms with Crippen LogP contribution in [-0.2, 0) is 16.4 Å². The maximum atomic E-state index is 12.3. The highest BCUT2D eigenvalue weighted by Gasteiger charge is 2.18. The Morgan fingerprint density at radius 3 is 2.85 bits per heavy atom. The molecule has 0 bridgehead atoms. The first-order valence-corrected chi connectivity index (χ1v) is 8.90. The molecule has 1 unspecified atom stereocenters. The molecular weight excluding hydrogens is 272 g/mol. The van der Waals surface area contributed by atoms with E-state index in [2.05, 4.69) is 10.0 Å². The van der Waals surface area contributed by atoms with Crippen molar-refractivity contribution in [3.05, 3.63) is 29.8 Å². The van der Waals surface area contributed by atoms with Crippen LogP contribution in [0.5, 0.6) is 0 Å². The van der Waals surface area contributed by atoms with E-state index in [9.17, 15) is 8.42 Å². The molecule has 2 N–H and O–H groups in total. The summed E-state index contributed by atoms with van der Waals surface area (Å²) >= 11 is 0. The lowest BCUT2D eigenvalue weighted by molar-refractivity contribution is 0.358. The van der Waals surface area contributed by atoms with E-state index in [-0.39, 0.29) is 0 Å². The maximum Gasteiger partial charge on any atom is 0.240 e. The lowest BCUT2D eigenvalue weighted by atomic mass is 9.96. The Labute approximate surface area is 122 Å². The van der Waals surface area contributed by atoms with E-state index < -0.39 is 10.0 Å². The van der Waals surface area contributed by atoms with Crippen LogP contribution >= 0.6 is 0 Å². The van der Waals surface area contributed by atoms with Crippen molar-refractivity contribution in [2.45, 2.75) is 37.5 Å². The standard InChI is InChI=1S/C15H24N2O2S/c1-2-14-7-3-4-8-15(14)20(18,19)17-11-9-13-6-5-10-16-12-13/h3-4,7-8,13,16-17H,2,5-6,9-12H2,1H3. The zero-order valence-electron chi connectivity index (χ0n) is 12.1. The van der Waals surface area contributed by atoms with Gasteiger partial charge in [-0.3, -0.25) is 0 Å². The molecule has 1 saturated heterocycles. The van der Waals surface area contributed by atoms with Crippen molar-refractivity contribution >= 4 is 10.0 Å². The van der Waals surface area contributed by atoms with Gasteiger partial charge in [-0.25, -0.2) is 13.1 Å². The second-order valence-electron chi connectivity index (χ2n) is 5.36. The Morgan fingerprint density at radius 1 is 1.35 bits per heavy atom. The van der Waals surface area contributed by atoms with E-state index in [1.165, 1.54) is 12.8 Å². The van der Waals surface area contributed by atoms with Gasteiger partial charge in [0.05, 0.1) is 4.90 Å². The molecule has 112 valence electrons. The summed E-state index contributed by atoms with van der Waals surface area (Å²) in [7, 11) is -3.37. The normalized spacial score (nSPS) is 19.9. The average Bonchev–Trinajstić information content (AvgIpc) is 2.48. The van der Waals surface area contributed by atoms with Gasteiger partial charge in [-0.1, -0.05) is 25.1 Å². The number of nitrogens with one attached hydrogen (secondary N) is 2. The van der Waals surface area contributed by atoms with Gasteiger partial charge in [-0.15, -0.1) is 0 Å². The summed E-state index contributed by atoms with van der Waals surface area (Å²) in [4.78, 5) is 0.421. The van der Waals surface area contributed by atoms with Gasteiger partial charge in [-0.2, -0.15) is 0 Å². The summed E-state index contributed by atoms with van der Waals surface area (Å²) in [6, 6.07) is 7.22. The van der Waals surface area contributed by atoms with Crippen LogP contribution in [-0.4, -0.2) is 28.1 Å². The smallest absolute Gasteiger partial charge is 0.240 e. The van der Waals surface area contributed by atoms with Crippen molar-refractivity contribution < 1.29 is 8.42 Å². The molecule has 0 saturated carbocycles. The summed E-state index contributed by atoms with van der Waals surface area (Å²) in [6.07, 6.45) is 4.01. The van der Waals surface area contributed by atoms with Crippen molar-refractivity contribution in [3.8, 4) is 0 Å². The predicted octanol–water partition coefficient (Wildman–Crippen LogP) is 1.92. The van der Waals surface area contributed by atoms with E-state index in [1.54, 1.807) is 12.1 Å². The first-order valence-electron chi connectivity index (χ1n) is 7.41. The minimum atomic E-state index is -3.37. The first kappa shape index (κ1) is 15.5. The monoisotopic (exact) mass is 296 g/mol. The zero-order valence-corrected chi connectivity index (χ0v) is 12.9. The fraction of sp³-hybridized carbons (Fsp3) is 0.600. The van der Waals surface area contributed by atoms with Crippen molar-refractivity contribution in [2.75, 3.05) is 19.6 Å². The molecule has 2 rings (SSSR count). The van der Waals surface area contributed by atoms with Crippen LogP contribution in [0.25, 0.3) is 0 Å². The van der Waals surface area contributed by atoms with Crippen molar-refractivity contribution in [3.63, 3.8) is 0 Å². The molecule has 1 fully saturated rings. The molecule has 0 aromatic heterocycles. The van der Waals surface area contributed by atoms with Crippen LogP contribution in [0.2, 0.25) is 0 Å². The lowest BCUT2D eigenvalue weighted by Crippen LogP contribution is -2.33. The molecular formula is C15H24N2O2S. The lowest BCUT2D eigenvalue weighted by Gasteiger charge is -2.22. The SMILES string of the molecule is CCc1ccccc1S(=O)(=O)NCCC1CCCNC1. The zero-order chi connectivity index (χ0) is 14.4. The maximum absolute atomic E-state index is 12.3. The number of piperidine rings is 1. The van der Waals surface area contributed by atoms with Gasteiger partial charge in [-0.05, 0) is 56.3 Å². The van der Waals surface area contributed by atoms with E-state index in [4.69, 9.17) is 0 Å². The van der Waals surface area contributed by atoms with Crippen LogP contribution < -0.4 is 10.0 Å². The van der Waals surface area contributed by atoms with E-state index in [0.717, 1.165) is 31.5 Å². The van der Waals surface area contributed by atoms with Crippen molar-refractivity contribution in [1.82, 2.24) is 10.0 Å². The Morgan fingerprint density at radius 2 is 2.15 bits per heavy atom. The van der Waals surface area contributed by atoms with Crippen molar-refractivity contribution in [1.29, 1.82) is 0 Å². The van der Waals surface area contributed by atoms with Gasteiger partial charge >= 0.3 is 0 Å². The van der Waals surface area contributed by atoms with E-state index in [1.807, 2.05) is 19.1 Å². The average molecular weight is 296 g/mol. The topological polar surface area (TPSA) is 58.2 Å². The molecule has 0 radical (unpaired) electrons. The third kappa shape index (κ3) is 4.04. The molecule has 1 aromatic carbocycles. The van der Waals surface area contributed by atoms with Crippen LogP contribution in [0.4, 0.5) is 0 Å². The molecule has 1 aliphatic heterocycles. The summed E-state index contributed by atoms with van der Waals surface area (Å²) in [5.41, 5.74) is 0.874. The van der Waals surface area contributed by atoms with Gasteiger partial charge < -0.3 is 5.32 Å². The largest absolute Gasteiger partial charge is 0.316 e. The molecule has 5 heteroatoms. The molecule has 0 amide bonds. The molecule has 1 atom stereocenters. The molecule has 20 heavy (non-hydrogen) atoms. The number of sulfonamides is 1. The molecule has 1 heterocycles. The minimum Gasteiger partial charge on any atom is -0.316 e. The Balaban J connectivity index is 1.93. The molecule has 4 nitrogen and oxygen atoms in total. The molecule has 0 spiro atoms. The predicted molar refractivity (Wildman–Crippen MR) is 81.2 cm³/mol.